The van der Waals surface area contributed by atoms with Crippen LogP contribution in [0.1, 0.15) is 19.4 Å². The van der Waals surface area contributed by atoms with Crippen molar-refractivity contribution in [3.8, 4) is 0 Å². The van der Waals surface area contributed by atoms with Gasteiger partial charge in [-0.05, 0) is 43.7 Å². The van der Waals surface area contributed by atoms with Crippen LogP contribution in [0.15, 0.2) is 29.2 Å². The number of amides is 1. The summed E-state index contributed by atoms with van der Waals surface area (Å²) in [5.74, 6) is 1.59. The van der Waals surface area contributed by atoms with Gasteiger partial charge in [0.25, 0.3) is 0 Å². The lowest BCUT2D eigenvalue weighted by Gasteiger charge is -2.37. The van der Waals surface area contributed by atoms with E-state index in [0.29, 0.717) is 17.7 Å². The van der Waals surface area contributed by atoms with E-state index in [9.17, 15) is 4.79 Å². The van der Waals surface area contributed by atoms with Crippen LogP contribution in [0.4, 0.5) is 0 Å². The number of nitrogens with one attached hydrogen (secondary N) is 1. The van der Waals surface area contributed by atoms with E-state index in [0.717, 1.165) is 26.1 Å². The molecule has 0 aromatic heterocycles. The molecule has 0 aliphatic carbocycles. The molecule has 2 saturated heterocycles. The normalized spacial score (nSPS) is 33.0. The summed E-state index contributed by atoms with van der Waals surface area (Å²) in [6.07, 6.45) is 0.889. The van der Waals surface area contributed by atoms with Gasteiger partial charge in [0.15, 0.2) is 0 Å². The van der Waals surface area contributed by atoms with Gasteiger partial charge >= 0.3 is 0 Å². The van der Waals surface area contributed by atoms with Crippen LogP contribution >= 0.6 is 11.8 Å². The SMILES string of the molecule is CC1(C)C2CNCC2CN1C(=O)C1Cc2ccccc2S1. The summed E-state index contributed by atoms with van der Waals surface area (Å²) in [5, 5.41) is 3.56. The summed E-state index contributed by atoms with van der Waals surface area (Å²) in [7, 11) is 0. The number of nitrogens with zero attached hydrogens (tertiary/aromatic N) is 1. The Balaban J connectivity index is 1.54. The fourth-order valence-corrected chi connectivity index (χ4v) is 5.55. The Hall–Kier alpha value is -1.00. The number of hydrogen-bond donors (Lipinski definition) is 1. The van der Waals surface area contributed by atoms with Crippen LogP contribution in [-0.4, -0.2) is 41.2 Å². The number of benzene rings is 1. The molecule has 0 saturated carbocycles. The van der Waals surface area contributed by atoms with Gasteiger partial charge < -0.3 is 10.2 Å². The Kier molecular flexibility index (Phi) is 3.09. The third-order valence-electron chi connectivity index (χ3n) is 5.55. The second-order valence-corrected chi connectivity index (χ2v) is 8.29. The first-order valence-electron chi connectivity index (χ1n) is 7.84. The lowest BCUT2D eigenvalue weighted by molar-refractivity contribution is -0.134. The Morgan fingerprint density at radius 3 is 2.90 bits per heavy atom. The molecule has 4 rings (SSSR count). The minimum Gasteiger partial charge on any atom is -0.336 e. The monoisotopic (exact) mass is 302 g/mol. The van der Waals surface area contributed by atoms with Gasteiger partial charge in [0.05, 0.1) is 5.25 Å². The zero-order valence-corrected chi connectivity index (χ0v) is 13.5. The van der Waals surface area contributed by atoms with E-state index < -0.39 is 0 Å². The van der Waals surface area contributed by atoms with Gasteiger partial charge in [0, 0.05) is 30.1 Å². The smallest absolute Gasteiger partial charge is 0.236 e. The molecule has 112 valence electrons. The first-order chi connectivity index (χ1) is 10.1. The van der Waals surface area contributed by atoms with Gasteiger partial charge in [-0.3, -0.25) is 4.79 Å². The van der Waals surface area contributed by atoms with E-state index in [4.69, 9.17) is 0 Å². The highest BCUT2D eigenvalue weighted by atomic mass is 32.2. The number of hydrogen-bond acceptors (Lipinski definition) is 3. The number of thioether (sulfide) groups is 1. The van der Waals surface area contributed by atoms with Crippen LogP contribution < -0.4 is 5.32 Å². The van der Waals surface area contributed by atoms with Crippen molar-refractivity contribution >= 4 is 17.7 Å². The maximum absolute atomic E-state index is 13.0. The number of likely N-dealkylation sites (tertiary alicyclic amines) is 1. The maximum Gasteiger partial charge on any atom is 0.236 e. The van der Waals surface area contributed by atoms with Gasteiger partial charge in [-0.25, -0.2) is 0 Å². The molecule has 0 spiro atoms. The topological polar surface area (TPSA) is 32.3 Å². The van der Waals surface area contributed by atoms with Gasteiger partial charge in [-0.1, -0.05) is 18.2 Å². The predicted octanol–water partition coefficient (Wildman–Crippen LogP) is 2.16. The summed E-state index contributed by atoms with van der Waals surface area (Å²) < 4.78 is 0. The van der Waals surface area contributed by atoms with Crippen molar-refractivity contribution in [1.82, 2.24) is 10.2 Å². The second kappa shape index (κ2) is 4.75. The van der Waals surface area contributed by atoms with Crippen molar-refractivity contribution in [2.75, 3.05) is 19.6 Å². The highest BCUT2D eigenvalue weighted by Crippen LogP contribution is 2.44. The summed E-state index contributed by atoms with van der Waals surface area (Å²) in [6.45, 7) is 7.54. The third-order valence-corrected chi connectivity index (χ3v) is 6.85. The molecule has 2 fully saturated rings. The third kappa shape index (κ3) is 2.03. The molecule has 3 aliphatic rings. The van der Waals surface area contributed by atoms with Crippen molar-refractivity contribution in [2.24, 2.45) is 11.8 Å². The van der Waals surface area contributed by atoms with E-state index in [1.54, 1.807) is 11.8 Å². The standard InChI is InChI=1S/C17H22N2OS/c1-17(2)13-9-18-8-12(13)10-19(17)16(20)15-7-11-5-3-4-6-14(11)21-15/h3-6,12-13,15,18H,7-10H2,1-2H3. The molecule has 1 amide bonds. The van der Waals surface area contributed by atoms with E-state index >= 15 is 0 Å². The van der Waals surface area contributed by atoms with Crippen LogP contribution in [0, 0.1) is 11.8 Å². The van der Waals surface area contributed by atoms with Crippen LogP contribution in [0.25, 0.3) is 0 Å². The molecule has 3 nitrogen and oxygen atoms in total. The highest BCUT2D eigenvalue weighted by Gasteiger charge is 2.52. The molecule has 21 heavy (non-hydrogen) atoms. The first-order valence-corrected chi connectivity index (χ1v) is 8.72. The molecule has 0 bridgehead atoms. The van der Waals surface area contributed by atoms with E-state index in [-0.39, 0.29) is 10.8 Å². The average Bonchev–Trinajstić information content (AvgIpc) is 3.14. The minimum atomic E-state index is -0.0133. The molecule has 1 aromatic carbocycles. The van der Waals surface area contributed by atoms with Crippen molar-refractivity contribution in [1.29, 1.82) is 0 Å². The van der Waals surface area contributed by atoms with Crippen molar-refractivity contribution in [3.63, 3.8) is 0 Å². The van der Waals surface area contributed by atoms with Gasteiger partial charge in [-0.2, -0.15) is 0 Å². The quantitative estimate of drug-likeness (QED) is 0.863. The summed E-state index contributed by atoms with van der Waals surface area (Å²) >= 11 is 1.75. The van der Waals surface area contributed by atoms with Gasteiger partial charge in [0.2, 0.25) is 5.91 Å². The van der Waals surface area contributed by atoms with E-state index in [1.807, 2.05) is 0 Å². The highest BCUT2D eigenvalue weighted by molar-refractivity contribution is 8.01. The van der Waals surface area contributed by atoms with Crippen LogP contribution in [-0.2, 0) is 11.2 Å². The van der Waals surface area contributed by atoms with Crippen molar-refractivity contribution in [2.45, 2.75) is 36.0 Å². The Labute approximate surface area is 130 Å². The van der Waals surface area contributed by atoms with Crippen molar-refractivity contribution < 1.29 is 4.79 Å². The lowest BCUT2D eigenvalue weighted by atomic mass is 9.85. The van der Waals surface area contributed by atoms with Crippen LogP contribution in [0.3, 0.4) is 0 Å². The Morgan fingerprint density at radius 1 is 1.33 bits per heavy atom. The zero-order valence-electron chi connectivity index (χ0n) is 12.6. The van der Waals surface area contributed by atoms with Crippen LogP contribution in [0.2, 0.25) is 0 Å². The summed E-state index contributed by atoms with van der Waals surface area (Å²) in [4.78, 5) is 16.5. The predicted molar refractivity (Wildman–Crippen MR) is 85.4 cm³/mol. The Bertz CT molecular complexity index is 561. The molecular weight excluding hydrogens is 280 g/mol. The summed E-state index contributed by atoms with van der Waals surface area (Å²) in [6, 6.07) is 8.43. The largest absolute Gasteiger partial charge is 0.336 e. The van der Waals surface area contributed by atoms with Gasteiger partial charge in [0.1, 0.15) is 0 Å². The zero-order chi connectivity index (χ0) is 14.6. The fourth-order valence-electron chi connectivity index (χ4n) is 4.29. The molecule has 1 N–H and O–H groups in total. The van der Waals surface area contributed by atoms with E-state index in [2.05, 4.69) is 48.3 Å². The number of rotatable bonds is 1. The molecule has 3 heterocycles. The molecule has 3 unspecified atom stereocenters. The molecule has 3 atom stereocenters. The molecule has 0 radical (unpaired) electrons. The van der Waals surface area contributed by atoms with Crippen LogP contribution in [0.5, 0.6) is 0 Å². The second-order valence-electron chi connectivity index (χ2n) is 7.05. The minimum absolute atomic E-state index is 0.0133. The molecular formula is C17H22N2OS. The van der Waals surface area contributed by atoms with Crippen molar-refractivity contribution in [3.05, 3.63) is 29.8 Å². The number of fused-ring (bicyclic) bond motifs is 2. The molecule has 3 aliphatic heterocycles. The molecule has 1 aromatic rings. The summed E-state index contributed by atoms with van der Waals surface area (Å²) in [5.41, 5.74) is 1.32. The van der Waals surface area contributed by atoms with E-state index in [1.165, 1.54) is 10.5 Å². The average molecular weight is 302 g/mol. The Morgan fingerprint density at radius 2 is 2.14 bits per heavy atom. The fraction of sp³-hybridized carbons (Fsp3) is 0.588. The lowest BCUT2D eigenvalue weighted by Crippen LogP contribution is -2.50. The van der Waals surface area contributed by atoms with Gasteiger partial charge in [-0.15, -0.1) is 11.8 Å². The molecule has 4 heteroatoms. The maximum atomic E-state index is 13.0. The number of carbonyl (C=O) groups is 1. The first kappa shape index (κ1) is 13.6. The number of carbonyl (C=O) groups excluding carboxylic acids is 1.